The molecule has 1 heterocycles. The van der Waals surface area contributed by atoms with Gasteiger partial charge >= 0.3 is 6.09 Å². The molecule has 0 bridgehead atoms. The van der Waals surface area contributed by atoms with Crippen LogP contribution in [0.3, 0.4) is 0 Å². The van der Waals surface area contributed by atoms with Gasteiger partial charge < -0.3 is 4.74 Å². The molecule has 2 aromatic carbocycles. The molecule has 3 amide bonds. The predicted molar refractivity (Wildman–Crippen MR) is 110 cm³/mol. The molecule has 0 aromatic heterocycles. The molecule has 1 aliphatic rings. The van der Waals surface area contributed by atoms with Gasteiger partial charge in [0, 0.05) is 7.05 Å². The van der Waals surface area contributed by atoms with Crippen LogP contribution in [0.25, 0.3) is 0 Å². The highest BCUT2D eigenvalue weighted by atomic mass is 16.6. The average molecular weight is 394 g/mol. The van der Waals surface area contributed by atoms with Crippen LogP contribution in [0.5, 0.6) is 0 Å². The van der Waals surface area contributed by atoms with Crippen LogP contribution in [0.15, 0.2) is 54.6 Å². The second-order valence-corrected chi connectivity index (χ2v) is 8.42. The molecule has 1 unspecified atom stereocenters. The molecule has 1 aliphatic heterocycles. The average Bonchev–Trinajstić information content (AvgIpc) is 2.92. The maximum atomic E-state index is 12.9. The molecule has 1 atom stereocenters. The third-order valence-corrected chi connectivity index (χ3v) is 5.15. The first-order valence-electron chi connectivity index (χ1n) is 9.52. The second kappa shape index (κ2) is 7.35. The Hall–Kier alpha value is -3.15. The van der Waals surface area contributed by atoms with Crippen molar-refractivity contribution in [3.8, 4) is 0 Å². The number of likely N-dealkylation sites (N-methyl/N-ethyl adjacent to an activating group) is 1. The normalized spacial score (nSPS) is 15.7. The van der Waals surface area contributed by atoms with Crippen LogP contribution in [0.2, 0.25) is 0 Å². The van der Waals surface area contributed by atoms with E-state index in [-0.39, 0.29) is 18.4 Å². The van der Waals surface area contributed by atoms with Gasteiger partial charge in [0.25, 0.3) is 11.8 Å². The zero-order chi connectivity index (χ0) is 21.4. The first-order valence-corrected chi connectivity index (χ1v) is 9.52. The number of rotatable bonds is 4. The van der Waals surface area contributed by atoms with E-state index < -0.39 is 17.2 Å². The Morgan fingerprint density at radius 3 is 1.86 bits per heavy atom. The highest BCUT2D eigenvalue weighted by Gasteiger charge is 2.44. The molecule has 6 heteroatoms. The molecule has 6 nitrogen and oxygen atoms in total. The van der Waals surface area contributed by atoms with E-state index in [9.17, 15) is 14.4 Å². The molecule has 2 aromatic rings. The molecule has 29 heavy (non-hydrogen) atoms. The van der Waals surface area contributed by atoms with Crippen molar-refractivity contribution in [3.05, 3.63) is 71.3 Å². The largest absolute Gasteiger partial charge is 0.444 e. The van der Waals surface area contributed by atoms with Crippen molar-refractivity contribution < 1.29 is 19.1 Å². The minimum Gasteiger partial charge on any atom is -0.444 e. The minimum atomic E-state index is -0.975. The summed E-state index contributed by atoms with van der Waals surface area (Å²) in [4.78, 5) is 41.3. The van der Waals surface area contributed by atoms with Gasteiger partial charge in [0.2, 0.25) is 0 Å². The van der Waals surface area contributed by atoms with Crippen LogP contribution in [0.1, 0.15) is 54.0 Å². The van der Waals surface area contributed by atoms with E-state index in [1.807, 2.05) is 37.3 Å². The van der Waals surface area contributed by atoms with Gasteiger partial charge in [-0.05, 0) is 45.4 Å². The van der Waals surface area contributed by atoms with E-state index in [1.54, 1.807) is 52.1 Å². The SMILES string of the molecule is CN(C(=O)OC(C)(C)C)C(C)(CN1C(=O)c2ccccc2C1=O)c1ccccc1. The standard InChI is InChI=1S/C23H26N2O4/c1-22(2,3)29-21(28)24(5)23(4,16-11-7-6-8-12-16)15-25-19(26)17-13-9-10-14-18(17)20(25)27/h6-14H,15H2,1-5H3. The maximum Gasteiger partial charge on any atom is 0.410 e. The van der Waals surface area contributed by atoms with Crippen molar-refractivity contribution >= 4 is 17.9 Å². The van der Waals surface area contributed by atoms with Crippen LogP contribution < -0.4 is 0 Å². The van der Waals surface area contributed by atoms with Crippen molar-refractivity contribution in [2.75, 3.05) is 13.6 Å². The van der Waals surface area contributed by atoms with Crippen molar-refractivity contribution in [1.29, 1.82) is 0 Å². The Kier molecular flexibility index (Phi) is 5.22. The predicted octanol–water partition coefficient (Wildman–Crippen LogP) is 4.06. The summed E-state index contributed by atoms with van der Waals surface area (Å²) in [5, 5.41) is 0. The lowest BCUT2D eigenvalue weighted by molar-refractivity contribution is 0.000472. The summed E-state index contributed by atoms with van der Waals surface area (Å²) in [6, 6.07) is 16.1. The molecular weight excluding hydrogens is 368 g/mol. The monoisotopic (exact) mass is 394 g/mol. The lowest BCUT2D eigenvalue weighted by Crippen LogP contribution is -2.54. The molecule has 0 fully saturated rings. The van der Waals surface area contributed by atoms with Gasteiger partial charge in [-0.15, -0.1) is 0 Å². The van der Waals surface area contributed by atoms with E-state index in [2.05, 4.69) is 0 Å². The highest BCUT2D eigenvalue weighted by molar-refractivity contribution is 6.21. The van der Waals surface area contributed by atoms with Gasteiger partial charge in [0.15, 0.2) is 0 Å². The Balaban J connectivity index is 1.98. The molecule has 0 saturated heterocycles. The summed E-state index contributed by atoms with van der Waals surface area (Å²) in [6.45, 7) is 7.23. The number of carbonyl (C=O) groups is 3. The van der Waals surface area contributed by atoms with Crippen LogP contribution in [0.4, 0.5) is 4.79 Å². The Morgan fingerprint density at radius 2 is 1.38 bits per heavy atom. The van der Waals surface area contributed by atoms with Crippen LogP contribution in [-0.4, -0.2) is 46.9 Å². The number of carbonyl (C=O) groups excluding carboxylic acids is 3. The maximum absolute atomic E-state index is 12.9. The van der Waals surface area contributed by atoms with Crippen molar-refractivity contribution in [2.45, 2.75) is 38.8 Å². The summed E-state index contributed by atoms with van der Waals surface area (Å²) in [5.74, 6) is -0.712. The number of imide groups is 1. The second-order valence-electron chi connectivity index (χ2n) is 8.42. The Labute approximate surface area is 171 Å². The number of amides is 3. The summed E-state index contributed by atoms with van der Waals surface area (Å²) in [6.07, 6.45) is -0.527. The lowest BCUT2D eigenvalue weighted by Gasteiger charge is -2.41. The third-order valence-electron chi connectivity index (χ3n) is 5.15. The molecular formula is C23H26N2O4. The van der Waals surface area contributed by atoms with Gasteiger partial charge in [0.1, 0.15) is 5.60 Å². The Morgan fingerprint density at radius 1 is 0.897 bits per heavy atom. The number of benzene rings is 2. The first-order chi connectivity index (χ1) is 13.5. The summed E-state index contributed by atoms with van der Waals surface area (Å²) in [5.41, 5.74) is -0.0827. The third kappa shape index (κ3) is 3.88. The molecule has 3 rings (SSSR count). The summed E-state index contributed by atoms with van der Waals surface area (Å²) in [7, 11) is 1.62. The van der Waals surface area contributed by atoms with Crippen molar-refractivity contribution in [3.63, 3.8) is 0 Å². The van der Waals surface area contributed by atoms with E-state index in [1.165, 1.54) is 9.80 Å². The number of fused-ring (bicyclic) bond motifs is 1. The van der Waals surface area contributed by atoms with E-state index in [0.717, 1.165) is 5.56 Å². The van der Waals surface area contributed by atoms with E-state index >= 15 is 0 Å². The van der Waals surface area contributed by atoms with Crippen LogP contribution in [0, 0.1) is 0 Å². The molecule has 0 spiro atoms. The summed E-state index contributed by atoms with van der Waals surface area (Å²) < 4.78 is 5.55. The van der Waals surface area contributed by atoms with Gasteiger partial charge in [-0.2, -0.15) is 0 Å². The smallest absolute Gasteiger partial charge is 0.410 e. The van der Waals surface area contributed by atoms with Crippen molar-refractivity contribution in [2.24, 2.45) is 0 Å². The molecule has 0 saturated carbocycles. The van der Waals surface area contributed by atoms with Crippen LogP contribution in [-0.2, 0) is 10.3 Å². The zero-order valence-electron chi connectivity index (χ0n) is 17.4. The molecule has 0 aliphatic carbocycles. The molecule has 0 radical (unpaired) electrons. The van der Waals surface area contributed by atoms with E-state index in [4.69, 9.17) is 4.74 Å². The Bertz CT molecular complexity index is 914. The molecule has 0 N–H and O–H groups in total. The van der Waals surface area contributed by atoms with Crippen LogP contribution >= 0.6 is 0 Å². The van der Waals surface area contributed by atoms with Gasteiger partial charge in [-0.25, -0.2) is 4.79 Å². The minimum absolute atomic E-state index is 0.0130. The molecule has 152 valence electrons. The van der Waals surface area contributed by atoms with Gasteiger partial charge in [-0.1, -0.05) is 42.5 Å². The fraction of sp³-hybridized carbons (Fsp3) is 0.348. The number of ether oxygens (including phenoxy) is 1. The van der Waals surface area contributed by atoms with E-state index in [0.29, 0.717) is 11.1 Å². The zero-order valence-corrected chi connectivity index (χ0v) is 17.4. The fourth-order valence-corrected chi connectivity index (χ4v) is 3.41. The van der Waals surface area contributed by atoms with Crippen molar-refractivity contribution in [1.82, 2.24) is 9.80 Å². The van der Waals surface area contributed by atoms with Gasteiger partial charge in [-0.3, -0.25) is 19.4 Å². The quantitative estimate of drug-likeness (QED) is 0.734. The number of hydrogen-bond donors (Lipinski definition) is 0. The topological polar surface area (TPSA) is 66.9 Å². The summed E-state index contributed by atoms with van der Waals surface area (Å²) >= 11 is 0. The fourth-order valence-electron chi connectivity index (χ4n) is 3.41. The highest BCUT2D eigenvalue weighted by Crippen LogP contribution is 2.33. The lowest BCUT2D eigenvalue weighted by atomic mass is 9.89. The van der Waals surface area contributed by atoms with Gasteiger partial charge in [0.05, 0.1) is 23.2 Å². The number of hydrogen-bond acceptors (Lipinski definition) is 4. The number of nitrogens with zero attached hydrogens (tertiary/aromatic N) is 2. The first kappa shape index (κ1) is 20.6.